The zero-order valence-corrected chi connectivity index (χ0v) is 10.3. The van der Waals surface area contributed by atoms with E-state index in [4.69, 9.17) is 0 Å². The van der Waals surface area contributed by atoms with Crippen LogP contribution in [0, 0.1) is 0 Å². The highest BCUT2D eigenvalue weighted by Gasteiger charge is 2.14. The van der Waals surface area contributed by atoms with Crippen molar-refractivity contribution < 1.29 is 4.79 Å². The Bertz CT molecular complexity index is 523. The molecule has 0 bridgehead atoms. The van der Waals surface area contributed by atoms with Crippen molar-refractivity contribution in [3.63, 3.8) is 0 Å². The van der Waals surface area contributed by atoms with Crippen LogP contribution in [0.3, 0.4) is 0 Å². The molecule has 0 radical (unpaired) electrons. The molecule has 2 aromatic rings. The number of imidazole rings is 1. The molecule has 3 N–H and O–H groups in total. The Labute approximate surface area is 105 Å². The highest BCUT2D eigenvalue weighted by atomic mass is 16.1. The Kier molecular flexibility index (Phi) is 3.57. The number of amides is 1. The van der Waals surface area contributed by atoms with E-state index in [9.17, 15) is 4.79 Å². The maximum absolute atomic E-state index is 12.0. The number of carbonyl (C=O) groups excluding carboxylic acids is 1. The summed E-state index contributed by atoms with van der Waals surface area (Å²) in [7, 11) is 1.79. The molecule has 0 fully saturated rings. The van der Waals surface area contributed by atoms with Gasteiger partial charge in [0.25, 0.3) is 5.91 Å². The molecule has 2 aromatic heterocycles. The van der Waals surface area contributed by atoms with E-state index >= 15 is 0 Å². The maximum atomic E-state index is 12.0. The average molecular weight is 245 g/mol. The number of H-pyrrole nitrogens is 1. The first-order valence-electron chi connectivity index (χ1n) is 5.64. The van der Waals surface area contributed by atoms with Gasteiger partial charge in [0.1, 0.15) is 11.5 Å². The van der Waals surface area contributed by atoms with E-state index in [0.717, 1.165) is 5.69 Å². The minimum atomic E-state index is -0.226. The number of hydrogen-bond acceptors (Lipinski definition) is 4. The van der Waals surface area contributed by atoms with Gasteiger partial charge in [-0.25, -0.2) is 4.98 Å². The molecule has 6 heteroatoms. The Hall–Kier alpha value is -2.37. The molecular formula is C12H15N5O. The van der Waals surface area contributed by atoms with Crippen LogP contribution in [0.2, 0.25) is 0 Å². The Morgan fingerprint density at radius 1 is 1.39 bits per heavy atom. The third-order valence-electron chi connectivity index (χ3n) is 2.56. The van der Waals surface area contributed by atoms with Crippen LogP contribution < -0.4 is 10.6 Å². The quantitative estimate of drug-likeness (QED) is 0.759. The second-order valence-electron chi connectivity index (χ2n) is 3.85. The summed E-state index contributed by atoms with van der Waals surface area (Å²) in [4.78, 5) is 23.1. The van der Waals surface area contributed by atoms with Crippen LogP contribution in [0.5, 0.6) is 0 Å². The molecule has 0 aliphatic rings. The Balaban J connectivity index is 2.07. The summed E-state index contributed by atoms with van der Waals surface area (Å²) in [5.74, 6) is 0.490. The van der Waals surface area contributed by atoms with Gasteiger partial charge in [-0.05, 0) is 19.1 Å². The molecule has 0 aromatic carbocycles. The molecule has 18 heavy (non-hydrogen) atoms. The standard InChI is InChI=1S/C12H15N5O/c1-8(11-15-5-6-16-11)17-12(18)10-7-9(13-2)3-4-14-10/h3-8H,1-2H3,(H,13,14)(H,15,16)(H,17,18). The van der Waals surface area contributed by atoms with Gasteiger partial charge in [0.2, 0.25) is 0 Å². The van der Waals surface area contributed by atoms with Crippen LogP contribution in [-0.2, 0) is 0 Å². The average Bonchev–Trinajstić information content (AvgIpc) is 2.92. The van der Waals surface area contributed by atoms with E-state index in [-0.39, 0.29) is 11.9 Å². The van der Waals surface area contributed by atoms with E-state index in [1.165, 1.54) is 0 Å². The molecule has 0 saturated heterocycles. The van der Waals surface area contributed by atoms with Crippen molar-refractivity contribution in [1.82, 2.24) is 20.3 Å². The van der Waals surface area contributed by atoms with Crippen molar-refractivity contribution in [2.75, 3.05) is 12.4 Å². The smallest absolute Gasteiger partial charge is 0.270 e. The van der Waals surface area contributed by atoms with Gasteiger partial charge in [-0.2, -0.15) is 0 Å². The largest absolute Gasteiger partial charge is 0.388 e. The number of pyridine rings is 1. The second-order valence-corrected chi connectivity index (χ2v) is 3.85. The zero-order chi connectivity index (χ0) is 13.0. The number of anilines is 1. The van der Waals surface area contributed by atoms with Gasteiger partial charge in [0, 0.05) is 31.3 Å². The van der Waals surface area contributed by atoms with Crippen LogP contribution in [0.4, 0.5) is 5.69 Å². The van der Waals surface area contributed by atoms with Crippen molar-refractivity contribution in [3.05, 3.63) is 42.2 Å². The number of hydrogen-bond donors (Lipinski definition) is 3. The summed E-state index contributed by atoms with van der Waals surface area (Å²) in [5.41, 5.74) is 1.22. The fourth-order valence-electron chi connectivity index (χ4n) is 1.56. The lowest BCUT2D eigenvalue weighted by molar-refractivity contribution is 0.0933. The molecule has 2 rings (SSSR count). The number of nitrogens with zero attached hydrogens (tertiary/aromatic N) is 2. The third kappa shape index (κ3) is 2.65. The number of aromatic amines is 1. The number of nitrogens with one attached hydrogen (secondary N) is 3. The van der Waals surface area contributed by atoms with E-state index in [1.54, 1.807) is 37.8 Å². The summed E-state index contributed by atoms with van der Waals surface area (Å²) in [6.45, 7) is 1.86. The fraction of sp³-hybridized carbons (Fsp3) is 0.250. The number of aromatic nitrogens is 3. The first-order valence-corrected chi connectivity index (χ1v) is 5.64. The van der Waals surface area contributed by atoms with Crippen molar-refractivity contribution in [1.29, 1.82) is 0 Å². The van der Waals surface area contributed by atoms with Gasteiger partial charge in [-0.1, -0.05) is 0 Å². The Morgan fingerprint density at radius 2 is 2.22 bits per heavy atom. The van der Waals surface area contributed by atoms with Crippen LogP contribution in [0.15, 0.2) is 30.7 Å². The molecule has 0 saturated carbocycles. The van der Waals surface area contributed by atoms with Gasteiger partial charge >= 0.3 is 0 Å². The van der Waals surface area contributed by atoms with Gasteiger partial charge in [-0.3, -0.25) is 9.78 Å². The van der Waals surface area contributed by atoms with E-state index < -0.39 is 0 Å². The first kappa shape index (κ1) is 12.1. The summed E-state index contributed by atoms with van der Waals surface area (Å²) in [6.07, 6.45) is 4.97. The summed E-state index contributed by atoms with van der Waals surface area (Å²) >= 11 is 0. The van der Waals surface area contributed by atoms with Crippen LogP contribution >= 0.6 is 0 Å². The summed E-state index contributed by atoms with van der Waals surface area (Å²) in [5, 5.41) is 5.79. The molecule has 0 spiro atoms. The van der Waals surface area contributed by atoms with E-state index in [2.05, 4.69) is 25.6 Å². The number of rotatable bonds is 4. The highest BCUT2D eigenvalue weighted by Crippen LogP contribution is 2.09. The number of carbonyl (C=O) groups is 1. The van der Waals surface area contributed by atoms with Crippen molar-refractivity contribution in [3.8, 4) is 0 Å². The minimum Gasteiger partial charge on any atom is -0.388 e. The topological polar surface area (TPSA) is 82.7 Å². The normalized spacial score (nSPS) is 11.9. The van der Waals surface area contributed by atoms with Gasteiger partial charge < -0.3 is 15.6 Å². The molecule has 0 aliphatic heterocycles. The lowest BCUT2D eigenvalue weighted by Crippen LogP contribution is -2.28. The highest BCUT2D eigenvalue weighted by molar-refractivity contribution is 5.93. The minimum absolute atomic E-state index is 0.187. The lowest BCUT2D eigenvalue weighted by atomic mass is 10.2. The molecule has 2 heterocycles. The van der Waals surface area contributed by atoms with Gasteiger partial charge in [-0.15, -0.1) is 0 Å². The molecular weight excluding hydrogens is 230 g/mol. The van der Waals surface area contributed by atoms with Crippen LogP contribution in [0.25, 0.3) is 0 Å². The SMILES string of the molecule is CNc1ccnc(C(=O)NC(C)c2ncc[nH]2)c1. The van der Waals surface area contributed by atoms with Gasteiger partial charge in [0.05, 0.1) is 6.04 Å². The third-order valence-corrected chi connectivity index (χ3v) is 2.56. The fourth-order valence-corrected chi connectivity index (χ4v) is 1.56. The Morgan fingerprint density at radius 3 is 2.89 bits per heavy atom. The van der Waals surface area contributed by atoms with Crippen LogP contribution in [0.1, 0.15) is 29.3 Å². The predicted octanol–water partition coefficient (Wildman–Crippen LogP) is 1.34. The molecule has 0 aliphatic carbocycles. The van der Waals surface area contributed by atoms with Crippen LogP contribution in [-0.4, -0.2) is 27.9 Å². The van der Waals surface area contributed by atoms with Crippen molar-refractivity contribution in [2.24, 2.45) is 0 Å². The van der Waals surface area contributed by atoms with Crippen molar-refractivity contribution in [2.45, 2.75) is 13.0 Å². The summed E-state index contributed by atoms with van der Waals surface area (Å²) < 4.78 is 0. The van der Waals surface area contributed by atoms with E-state index in [1.807, 2.05) is 6.92 Å². The second kappa shape index (κ2) is 5.31. The molecule has 1 amide bonds. The first-order chi connectivity index (χ1) is 8.70. The van der Waals surface area contributed by atoms with Crippen molar-refractivity contribution >= 4 is 11.6 Å². The maximum Gasteiger partial charge on any atom is 0.270 e. The lowest BCUT2D eigenvalue weighted by Gasteiger charge is -2.11. The van der Waals surface area contributed by atoms with Gasteiger partial charge in [0.15, 0.2) is 0 Å². The molecule has 1 atom stereocenters. The molecule has 1 unspecified atom stereocenters. The molecule has 6 nitrogen and oxygen atoms in total. The zero-order valence-electron chi connectivity index (χ0n) is 10.3. The van der Waals surface area contributed by atoms with E-state index in [0.29, 0.717) is 11.5 Å². The summed E-state index contributed by atoms with van der Waals surface area (Å²) in [6, 6.07) is 3.31. The predicted molar refractivity (Wildman–Crippen MR) is 68.3 cm³/mol. The monoisotopic (exact) mass is 245 g/mol. The molecule has 94 valence electrons.